The zero-order valence-corrected chi connectivity index (χ0v) is 19.8. The number of phenols is 1. The van der Waals surface area contributed by atoms with Crippen LogP contribution in [-0.2, 0) is 30.4 Å². The van der Waals surface area contributed by atoms with Crippen molar-refractivity contribution in [2.24, 2.45) is 5.73 Å². The predicted molar refractivity (Wildman–Crippen MR) is 128 cm³/mol. The summed E-state index contributed by atoms with van der Waals surface area (Å²) in [6, 6.07) is 1.03. The summed E-state index contributed by atoms with van der Waals surface area (Å²) in [6.45, 7) is 0. The number of carbonyl (C=O) groups excluding carboxylic acids is 3. The number of nitrogens with one attached hydrogen (secondary N) is 3. The van der Waals surface area contributed by atoms with Crippen LogP contribution >= 0.6 is 25.3 Å². The van der Waals surface area contributed by atoms with E-state index in [-0.39, 0.29) is 30.1 Å². The zero-order valence-electron chi connectivity index (χ0n) is 18.0. The number of carbonyl (C=O) groups is 5. The Labute approximate surface area is 206 Å². The summed E-state index contributed by atoms with van der Waals surface area (Å²) >= 11 is 7.83. The highest BCUT2D eigenvalue weighted by Gasteiger charge is 2.29. The summed E-state index contributed by atoms with van der Waals surface area (Å²) < 4.78 is 0. The number of aliphatic carboxylic acids is 2. The number of aromatic hydroxyl groups is 1. The molecule has 12 nitrogen and oxygen atoms in total. The van der Waals surface area contributed by atoms with Crippen molar-refractivity contribution in [3.63, 3.8) is 0 Å². The van der Waals surface area contributed by atoms with Crippen molar-refractivity contribution >= 4 is 54.9 Å². The van der Waals surface area contributed by atoms with Crippen LogP contribution in [0, 0.1) is 0 Å². The average molecular weight is 517 g/mol. The molecule has 0 aliphatic heterocycles. The van der Waals surface area contributed by atoms with E-state index < -0.39 is 60.2 Å². The summed E-state index contributed by atoms with van der Waals surface area (Å²) in [5, 5.41) is 34.3. The van der Waals surface area contributed by atoms with Crippen LogP contribution in [0.2, 0.25) is 0 Å². The standard InChI is InChI=1S/C20H28N4O8S2/c21-12(7-10-1-3-11(25)4-2-10)17(28)22-13(5-6-16(26)27)18(29)23-14(8-33)19(30)24-15(9-34)20(31)32/h1-4,12-15,25,33-34H,5-9,21H2,(H,22,28)(H,23,29)(H,24,30)(H,26,27)(H,31,32). The van der Waals surface area contributed by atoms with Crippen LogP contribution in [0.1, 0.15) is 18.4 Å². The van der Waals surface area contributed by atoms with E-state index in [1.165, 1.54) is 12.1 Å². The van der Waals surface area contributed by atoms with E-state index in [0.29, 0.717) is 5.56 Å². The summed E-state index contributed by atoms with van der Waals surface area (Å²) in [7, 11) is 0. The van der Waals surface area contributed by atoms with Crippen molar-refractivity contribution < 1.29 is 39.3 Å². The third-order valence-corrected chi connectivity index (χ3v) is 5.35. The molecule has 14 heteroatoms. The van der Waals surface area contributed by atoms with E-state index in [1.54, 1.807) is 12.1 Å². The van der Waals surface area contributed by atoms with Crippen LogP contribution in [0.15, 0.2) is 24.3 Å². The second-order valence-corrected chi connectivity index (χ2v) is 8.03. The number of carboxylic acid groups (broad SMARTS) is 2. The maximum absolute atomic E-state index is 12.7. The topological polar surface area (TPSA) is 208 Å². The number of phenolic OH excluding ortho intramolecular Hbond substituents is 1. The molecule has 0 heterocycles. The fraction of sp³-hybridized carbons (Fsp3) is 0.450. The first kappa shape index (κ1) is 29.1. The van der Waals surface area contributed by atoms with E-state index in [1.807, 2.05) is 0 Å². The first-order valence-electron chi connectivity index (χ1n) is 10.1. The monoisotopic (exact) mass is 516 g/mol. The van der Waals surface area contributed by atoms with Gasteiger partial charge in [-0.05, 0) is 30.5 Å². The Kier molecular flexibility index (Phi) is 12.2. The molecular formula is C20H28N4O8S2. The molecule has 34 heavy (non-hydrogen) atoms. The van der Waals surface area contributed by atoms with Gasteiger partial charge in [0.05, 0.1) is 6.04 Å². The molecule has 8 N–H and O–H groups in total. The second-order valence-electron chi connectivity index (χ2n) is 7.30. The Morgan fingerprint density at radius 3 is 1.82 bits per heavy atom. The normalized spacial score (nSPS) is 14.2. The third-order valence-electron chi connectivity index (χ3n) is 4.62. The van der Waals surface area contributed by atoms with Crippen molar-refractivity contribution in [3.05, 3.63) is 29.8 Å². The van der Waals surface area contributed by atoms with Crippen LogP contribution in [0.3, 0.4) is 0 Å². The van der Waals surface area contributed by atoms with Crippen LogP contribution in [0.25, 0.3) is 0 Å². The minimum atomic E-state index is -1.33. The second kappa shape index (κ2) is 14.3. The number of hydrogen-bond acceptors (Lipinski definition) is 9. The molecule has 0 saturated carbocycles. The van der Waals surface area contributed by atoms with Gasteiger partial charge in [0.15, 0.2) is 0 Å². The van der Waals surface area contributed by atoms with Gasteiger partial charge in [-0.3, -0.25) is 19.2 Å². The van der Waals surface area contributed by atoms with Gasteiger partial charge < -0.3 is 37.0 Å². The maximum atomic E-state index is 12.7. The molecule has 0 saturated heterocycles. The Morgan fingerprint density at radius 1 is 0.824 bits per heavy atom. The number of carboxylic acids is 2. The molecule has 1 aromatic rings. The van der Waals surface area contributed by atoms with Crippen molar-refractivity contribution in [2.45, 2.75) is 43.4 Å². The van der Waals surface area contributed by atoms with Crippen molar-refractivity contribution in [1.29, 1.82) is 0 Å². The maximum Gasteiger partial charge on any atom is 0.327 e. The number of rotatable bonds is 14. The third kappa shape index (κ3) is 9.89. The molecule has 4 unspecified atom stereocenters. The number of hydrogen-bond donors (Lipinski definition) is 9. The predicted octanol–water partition coefficient (Wildman–Crippen LogP) is -1.47. The molecule has 0 aromatic heterocycles. The highest BCUT2D eigenvalue weighted by molar-refractivity contribution is 7.80. The van der Waals surface area contributed by atoms with Gasteiger partial charge in [-0.15, -0.1) is 0 Å². The van der Waals surface area contributed by atoms with E-state index in [2.05, 4.69) is 41.2 Å². The molecule has 0 bridgehead atoms. The quantitative estimate of drug-likeness (QED) is 0.132. The Morgan fingerprint density at radius 2 is 1.32 bits per heavy atom. The molecule has 0 aliphatic carbocycles. The molecule has 0 fully saturated rings. The van der Waals surface area contributed by atoms with E-state index in [0.717, 1.165) is 0 Å². The fourth-order valence-electron chi connectivity index (χ4n) is 2.72. The Hall–Kier alpha value is -2.97. The van der Waals surface area contributed by atoms with E-state index >= 15 is 0 Å². The summed E-state index contributed by atoms with van der Waals surface area (Å²) in [6.07, 6.45) is -0.653. The highest BCUT2D eigenvalue weighted by atomic mass is 32.1. The minimum Gasteiger partial charge on any atom is -0.508 e. The molecule has 1 aromatic carbocycles. The fourth-order valence-corrected chi connectivity index (χ4v) is 3.22. The van der Waals surface area contributed by atoms with Crippen molar-refractivity contribution in [1.82, 2.24) is 16.0 Å². The highest BCUT2D eigenvalue weighted by Crippen LogP contribution is 2.11. The van der Waals surface area contributed by atoms with E-state index in [4.69, 9.17) is 15.9 Å². The van der Waals surface area contributed by atoms with Gasteiger partial charge in [0.1, 0.15) is 23.9 Å². The Bertz CT molecular complexity index is 884. The molecule has 4 atom stereocenters. The lowest BCUT2D eigenvalue weighted by Gasteiger charge is -2.24. The minimum absolute atomic E-state index is 0.0407. The molecule has 1 rings (SSSR count). The lowest BCUT2D eigenvalue weighted by atomic mass is 10.0. The molecule has 3 amide bonds. The van der Waals surface area contributed by atoms with Crippen LogP contribution in [-0.4, -0.2) is 80.7 Å². The number of benzene rings is 1. The van der Waals surface area contributed by atoms with Gasteiger partial charge in [0.25, 0.3) is 0 Å². The van der Waals surface area contributed by atoms with Gasteiger partial charge in [-0.1, -0.05) is 12.1 Å². The first-order chi connectivity index (χ1) is 16.0. The molecule has 188 valence electrons. The largest absolute Gasteiger partial charge is 0.508 e. The van der Waals surface area contributed by atoms with Gasteiger partial charge in [-0.2, -0.15) is 25.3 Å². The lowest BCUT2D eigenvalue weighted by molar-refractivity contribution is -0.141. The number of nitrogens with two attached hydrogens (primary N) is 1. The van der Waals surface area contributed by atoms with Crippen LogP contribution in [0.5, 0.6) is 5.75 Å². The average Bonchev–Trinajstić information content (AvgIpc) is 2.78. The molecular weight excluding hydrogens is 488 g/mol. The van der Waals surface area contributed by atoms with E-state index in [9.17, 15) is 29.1 Å². The SMILES string of the molecule is NC(Cc1ccc(O)cc1)C(=O)NC(CCC(=O)O)C(=O)NC(CS)C(=O)NC(CS)C(=O)O. The van der Waals surface area contributed by atoms with Gasteiger partial charge in [0.2, 0.25) is 17.7 Å². The van der Waals surface area contributed by atoms with Gasteiger partial charge in [-0.25, -0.2) is 4.79 Å². The number of thiol groups is 2. The first-order valence-corrected chi connectivity index (χ1v) is 11.4. The van der Waals surface area contributed by atoms with Gasteiger partial charge >= 0.3 is 11.9 Å². The molecule has 0 radical (unpaired) electrons. The summed E-state index contributed by atoms with van der Waals surface area (Å²) in [5.74, 6) is -5.30. The summed E-state index contributed by atoms with van der Waals surface area (Å²) in [4.78, 5) is 59.7. The number of amides is 3. The summed E-state index contributed by atoms with van der Waals surface area (Å²) in [5.41, 5.74) is 6.55. The van der Waals surface area contributed by atoms with Crippen LogP contribution in [0.4, 0.5) is 0 Å². The van der Waals surface area contributed by atoms with Gasteiger partial charge in [0, 0.05) is 17.9 Å². The molecule has 0 spiro atoms. The Balaban J connectivity index is 2.86. The molecule has 0 aliphatic rings. The van der Waals surface area contributed by atoms with Crippen molar-refractivity contribution in [3.8, 4) is 5.75 Å². The lowest BCUT2D eigenvalue weighted by Crippen LogP contribution is -2.58. The van der Waals surface area contributed by atoms with Crippen molar-refractivity contribution in [2.75, 3.05) is 11.5 Å². The zero-order chi connectivity index (χ0) is 25.8. The smallest absolute Gasteiger partial charge is 0.327 e. The van der Waals surface area contributed by atoms with Crippen LogP contribution < -0.4 is 21.7 Å².